The van der Waals surface area contributed by atoms with E-state index in [9.17, 15) is 18.0 Å². The van der Waals surface area contributed by atoms with Gasteiger partial charge in [0.15, 0.2) is 0 Å². The number of hydrogen-bond acceptors (Lipinski definition) is 2. The summed E-state index contributed by atoms with van der Waals surface area (Å²) in [7, 11) is 0. The first-order chi connectivity index (χ1) is 11.1. The van der Waals surface area contributed by atoms with E-state index < -0.39 is 17.8 Å². The number of alkyl halides is 3. The summed E-state index contributed by atoms with van der Waals surface area (Å²) in [5.41, 5.74) is 2.65. The van der Waals surface area contributed by atoms with Crippen LogP contribution in [0.5, 0.6) is 0 Å². The largest absolute Gasteiger partial charge is 0.405 e. The molecule has 1 aromatic carbocycles. The highest BCUT2D eigenvalue weighted by molar-refractivity contribution is 9.10. The number of hydrazine groups is 1. The van der Waals surface area contributed by atoms with E-state index in [-0.39, 0.29) is 18.7 Å². The van der Waals surface area contributed by atoms with Crippen molar-refractivity contribution in [3.05, 3.63) is 34.3 Å². The normalized spacial score (nSPS) is 19.3. The fraction of sp³-hybridized carbons (Fsp3) is 0.588. The van der Waals surface area contributed by atoms with Crippen molar-refractivity contribution in [1.82, 2.24) is 10.4 Å². The Balaban J connectivity index is 1.96. The molecule has 0 radical (unpaired) electrons. The summed E-state index contributed by atoms with van der Waals surface area (Å²) in [6.45, 7) is 3.31. The number of carbonyl (C=O) groups excluding carboxylic acids is 1. The van der Waals surface area contributed by atoms with Crippen LogP contribution in [-0.2, 0) is 11.2 Å². The predicted octanol–water partition coefficient (Wildman–Crippen LogP) is 4.61. The molecule has 1 aliphatic heterocycles. The second kappa shape index (κ2) is 7.44. The van der Waals surface area contributed by atoms with Crippen molar-refractivity contribution in [2.24, 2.45) is 0 Å². The molecule has 24 heavy (non-hydrogen) atoms. The Labute approximate surface area is 148 Å². The molecular weight excluding hydrogens is 385 g/mol. The van der Waals surface area contributed by atoms with Gasteiger partial charge < -0.3 is 0 Å². The predicted molar refractivity (Wildman–Crippen MR) is 90.2 cm³/mol. The first kappa shape index (κ1) is 19.2. The molecule has 134 valence electrons. The number of amides is 1. The smallest absolute Gasteiger partial charge is 0.288 e. The van der Waals surface area contributed by atoms with Crippen LogP contribution in [0.1, 0.15) is 45.1 Å². The number of nitrogens with zero attached hydrogens (tertiary/aromatic N) is 1. The third-order valence-corrected chi connectivity index (χ3v) is 5.09. The van der Waals surface area contributed by atoms with Crippen LogP contribution >= 0.6 is 15.9 Å². The Morgan fingerprint density at radius 2 is 1.96 bits per heavy atom. The van der Waals surface area contributed by atoms with Gasteiger partial charge in [-0.15, -0.1) is 0 Å². The van der Waals surface area contributed by atoms with Crippen LogP contribution in [0.4, 0.5) is 13.2 Å². The van der Waals surface area contributed by atoms with Gasteiger partial charge in [-0.3, -0.25) is 10.2 Å². The second-order valence-electron chi connectivity index (χ2n) is 6.79. The van der Waals surface area contributed by atoms with Crippen molar-refractivity contribution in [1.29, 1.82) is 0 Å². The first-order valence-electron chi connectivity index (χ1n) is 8.00. The summed E-state index contributed by atoms with van der Waals surface area (Å²) < 4.78 is 41.3. The van der Waals surface area contributed by atoms with Gasteiger partial charge in [-0.2, -0.15) is 13.2 Å². The maximum Gasteiger partial charge on any atom is 0.405 e. The van der Waals surface area contributed by atoms with Crippen molar-refractivity contribution < 1.29 is 18.0 Å². The van der Waals surface area contributed by atoms with Gasteiger partial charge in [0.2, 0.25) is 5.91 Å². The average Bonchev–Trinajstić information content (AvgIpc) is 2.72. The molecule has 2 rings (SSSR count). The molecule has 1 aromatic rings. The van der Waals surface area contributed by atoms with Gasteiger partial charge in [-0.05, 0) is 44.7 Å². The van der Waals surface area contributed by atoms with Gasteiger partial charge in [0.1, 0.15) is 6.04 Å². The minimum atomic E-state index is -4.37. The number of carbonyl (C=O) groups is 1. The molecule has 0 unspecified atom stereocenters. The highest BCUT2D eigenvalue weighted by Crippen LogP contribution is 2.35. The van der Waals surface area contributed by atoms with E-state index >= 15 is 0 Å². The summed E-state index contributed by atoms with van der Waals surface area (Å²) in [4.78, 5) is 11.5. The van der Waals surface area contributed by atoms with Crippen LogP contribution in [-0.4, -0.2) is 28.7 Å². The van der Waals surface area contributed by atoms with Crippen LogP contribution in [0.25, 0.3) is 0 Å². The number of aryl methyl sites for hydroxylation is 1. The fourth-order valence-electron chi connectivity index (χ4n) is 3.10. The summed E-state index contributed by atoms with van der Waals surface area (Å²) in [6, 6.07) is 6.07. The fourth-order valence-corrected chi connectivity index (χ4v) is 3.58. The number of unbranched alkanes of at least 4 members (excludes halogenated alkanes) is 1. The van der Waals surface area contributed by atoms with E-state index in [0.29, 0.717) is 12.8 Å². The number of halogens is 4. The van der Waals surface area contributed by atoms with Gasteiger partial charge >= 0.3 is 6.18 Å². The van der Waals surface area contributed by atoms with Crippen LogP contribution in [0, 0.1) is 0 Å². The Morgan fingerprint density at radius 3 is 2.50 bits per heavy atom. The summed E-state index contributed by atoms with van der Waals surface area (Å²) in [5.74, 6) is -0.359. The Hall–Kier alpha value is -1.08. The van der Waals surface area contributed by atoms with Crippen molar-refractivity contribution >= 4 is 21.8 Å². The minimum absolute atomic E-state index is 0.0301. The highest BCUT2D eigenvalue weighted by Gasteiger charge is 2.51. The van der Waals surface area contributed by atoms with Crippen molar-refractivity contribution in [3.63, 3.8) is 0 Å². The van der Waals surface area contributed by atoms with Crippen LogP contribution < -0.4 is 5.43 Å². The topological polar surface area (TPSA) is 32.3 Å². The molecule has 1 amide bonds. The molecule has 1 aliphatic rings. The molecule has 0 bridgehead atoms. The molecular formula is C17H22BrF3N2O. The van der Waals surface area contributed by atoms with Gasteiger partial charge in [0.05, 0.1) is 0 Å². The monoisotopic (exact) mass is 406 g/mol. The Morgan fingerprint density at radius 1 is 1.29 bits per heavy atom. The molecule has 1 saturated heterocycles. The van der Waals surface area contributed by atoms with E-state index in [2.05, 4.69) is 21.4 Å². The maximum atomic E-state index is 13.5. The Kier molecular flexibility index (Phi) is 5.96. The third kappa shape index (κ3) is 4.72. The zero-order chi connectivity index (χ0) is 18.0. The zero-order valence-electron chi connectivity index (χ0n) is 13.8. The molecule has 7 heteroatoms. The molecule has 3 nitrogen and oxygen atoms in total. The van der Waals surface area contributed by atoms with Crippen LogP contribution in [0.3, 0.4) is 0 Å². The zero-order valence-corrected chi connectivity index (χ0v) is 15.4. The van der Waals surface area contributed by atoms with Crippen molar-refractivity contribution in [3.8, 4) is 0 Å². The number of rotatable bonds is 6. The van der Waals surface area contributed by atoms with Gasteiger partial charge in [0, 0.05) is 16.4 Å². The maximum absolute atomic E-state index is 13.5. The lowest BCUT2D eigenvalue weighted by Crippen LogP contribution is -2.56. The lowest BCUT2D eigenvalue weighted by atomic mass is 9.97. The number of nitrogens with one attached hydrogen (secondary N) is 1. The number of benzene rings is 1. The first-order valence-corrected chi connectivity index (χ1v) is 8.79. The molecule has 1 atom stereocenters. The quantitative estimate of drug-likeness (QED) is 0.699. The van der Waals surface area contributed by atoms with E-state index in [1.165, 1.54) is 0 Å². The summed E-state index contributed by atoms with van der Waals surface area (Å²) >= 11 is 3.45. The SMILES string of the molecule is CC1(C)CC(=O)NN1[C@@H](CCCCc1ccccc1Br)C(F)(F)F. The lowest BCUT2D eigenvalue weighted by Gasteiger charge is -2.37. The van der Waals surface area contributed by atoms with Gasteiger partial charge in [-0.1, -0.05) is 40.5 Å². The molecule has 0 spiro atoms. The Bertz CT molecular complexity index is 589. The summed E-state index contributed by atoms with van der Waals surface area (Å²) in [5, 5.41) is 1.09. The van der Waals surface area contributed by atoms with Crippen molar-refractivity contribution in [2.75, 3.05) is 0 Å². The van der Waals surface area contributed by atoms with Crippen LogP contribution in [0.2, 0.25) is 0 Å². The molecule has 1 heterocycles. The standard InChI is InChI=1S/C17H22BrF3N2O/c1-16(2)11-15(24)22-23(16)14(17(19,20)21)10-6-4-8-12-7-3-5-9-13(12)18/h3,5,7,9,14H,4,6,8,10-11H2,1-2H3,(H,22,24)/t14-/m0/s1. The van der Waals surface area contributed by atoms with E-state index in [0.717, 1.165) is 21.5 Å². The van der Waals surface area contributed by atoms with E-state index in [1.807, 2.05) is 24.3 Å². The highest BCUT2D eigenvalue weighted by atomic mass is 79.9. The second-order valence-corrected chi connectivity index (χ2v) is 7.64. The van der Waals surface area contributed by atoms with E-state index in [1.54, 1.807) is 13.8 Å². The molecule has 0 aliphatic carbocycles. The molecule has 0 aromatic heterocycles. The van der Waals surface area contributed by atoms with Gasteiger partial charge in [-0.25, -0.2) is 5.01 Å². The van der Waals surface area contributed by atoms with Gasteiger partial charge in [0.25, 0.3) is 0 Å². The number of hydrogen-bond donors (Lipinski definition) is 1. The summed E-state index contributed by atoms with van der Waals surface area (Å²) in [6.07, 6.45) is -2.50. The third-order valence-electron chi connectivity index (χ3n) is 4.31. The van der Waals surface area contributed by atoms with Crippen molar-refractivity contribution in [2.45, 2.75) is 63.7 Å². The van der Waals surface area contributed by atoms with E-state index in [4.69, 9.17) is 0 Å². The minimum Gasteiger partial charge on any atom is -0.288 e. The molecule has 0 saturated carbocycles. The molecule has 1 fully saturated rings. The average molecular weight is 407 g/mol. The molecule has 1 N–H and O–H groups in total. The van der Waals surface area contributed by atoms with Crippen LogP contribution in [0.15, 0.2) is 28.7 Å². The lowest BCUT2D eigenvalue weighted by molar-refractivity contribution is -0.202.